The molecular formula is C29H30ClNO6. The fraction of sp³-hybridized carbons (Fsp3) is 0.379. The summed E-state index contributed by atoms with van der Waals surface area (Å²) in [6, 6.07) is 14.4. The van der Waals surface area contributed by atoms with Gasteiger partial charge in [0.25, 0.3) is 0 Å². The highest BCUT2D eigenvalue weighted by Gasteiger charge is 2.53. The van der Waals surface area contributed by atoms with Crippen LogP contribution in [0.3, 0.4) is 0 Å². The van der Waals surface area contributed by atoms with E-state index in [1.54, 1.807) is 64.3 Å². The highest BCUT2D eigenvalue weighted by molar-refractivity contribution is 6.31. The molecule has 4 rings (SSSR count). The molecule has 0 bridgehead atoms. The van der Waals surface area contributed by atoms with Crippen LogP contribution in [0.1, 0.15) is 50.2 Å². The first-order valence-electron chi connectivity index (χ1n) is 12.4. The molecule has 8 heteroatoms. The molecule has 37 heavy (non-hydrogen) atoms. The number of Topliss-reactive ketones (excluding diaryl/α,β-unsaturated/α-hetero) is 1. The van der Waals surface area contributed by atoms with E-state index in [9.17, 15) is 14.4 Å². The molecule has 1 heterocycles. The molecule has 1 unspecified atom stereocenters. The number of aliphatic imine (C=N–C) groups is 1. The minimum absolute atomic E-state index is 0.143. The summed E-state index contributed by atoms with van der Waals surface area (Å²) in [4.78, 5) is 45.4. The number of esters is 2. The minimum atomic E-state index is -1.07. The first-order valence-corrected chi connectivity index (χ1v) is 12.7. The average Bonchev–Trinajstić information content (AvgIpc) is 2.88. The van der Waals surface area contributed by atoms with Crippen LogP contribution >= 0.6 is 11.6 Å². The minimum Gasteiger partial charge on any atom is -0.497 e. The number of fused-ring (bicyclic) bond motifs is 1. The summed E-state index contributed by atoms with van der Waals surface area (Å²) in [5.41, 5.74) is 2.79. The van der Waals surface area contributed by atoms with Crippen LogP contribution in [0.15, 0.2) is 64.8 Å². The first-order chi connectivity index (χ1) is 17.8. The van der Waals surface area contributed by atoms with E-state index in [0.717, 1.165) is 5.56 Å². The molecule has 1 aliphatic heterocycles. The van der Waals surface area contributed by atoms with E-state index in [-0.39, 0.29) is 24.6 Å². The van der Waals surface area contributed by atoms with Crippen LogP contribution in [-0.4, -0.2) is 43.8 Å². The number of ether oxygens (including phenoxy) is 3. The van der Waals surface area contributed by atoms with E-state index < -0.39 is 35.6 Å². The topological polar surface area (TPSA) is 91.3 Å². The predicted octanol–water partition coefficient (Wildman–Crippen LogP) is 5.28. The molecule has 4 atom stereocenters. The molecule has 0 amide bonds. The molecule has 1 saturated carbocycles. The molecule has 0 aromatic heterocycles. The number of rotatable bonds is 7. The Balaban J connectivity index is 1.89. The van der Waals surface area contributed by atoms with Crippen LogP contribution in [0.25, 0.3) is 0 Å². The van der Waals surface area contributed by atoms with Crippen molar-refractivity contribution in [1.29, 1.82) is 0 Å². The Labute approximate surface area is 221 Å². The molecule has 7 nitrogen and oxygen atoms in total. The summed E-state index contributed by atoms with van der Waals surface area (Å²) >= 11 is 6.60. The number of halogens is 1. The van der Waals surface area contributed by atoms with Gasteiger partial charge in [-0.05, 0) is 56.5 Å². The summed E-state index contributed by atoms with van der Waals surface area (Å²) in [5.74, 6) is -3.94. The van der Waals surface area contributed by atoms with E-state index >= 15 is 0 Å². The zero-order chi connectivity index (χ0) is 26.7. The fourth-order valence-corrected chi connectivity index (χ4v) is 5.64. The number of nitrogens with zero attached hydrogens (tertiary/aromatic N) is 1. The zero-order valence-electron chi connectivity index (χ0n) is 21.3. The van der Waals surface area contributed by atoms with Crippen molar-refractivity contribution in [2.24, 2.45) is 16.8 Å². The average molecular weight is 524 g/mol. The lowest BCUT2D eigenvalue weighted by molar-refractivity contribution is -0.153. The molecule has 2 aliphatic rings. The third kappa shape index (κ3) is 5.05. The quantitative estimate of drug-likeness (QED) is 0.362. The maximum atomic E-state index is 14.3. The second kappa shape index (κ2) is 11.3. The molecule has 0 N–H and O–H groups in total. The van der Waals surface area contributed by atoms with Crippen LogP contribution in [0.5, 0.6) is 5.75 Å². The number of hydrogen-bond acceptors (Lipinski definition) is 7. The van der Waals surface area contributed by atoms with E-state index in [0.29, 0.717) is 34.2 Å². The second-order valence-corrected chi connectivity index (χ2v) is 9.42. The Bertz CT molecular complexity index is 1270. The first kappa shape index (κ1) is 26.6. The number of carbonyl (C=O) groups excluding carboxylic acids is 3. The summed E-state index contributed by atoms with van der Waals surface area (Å²) < 4.78 is 16.0. The molecule has 0 saturated heterocycles. The highest BCUT2D eigenvalue weighted by Crippen LogP contribution is 2.49. The predicted molar refractivity (Wildman–Crippen MR) is 140 cm³/mol. The molecule has 0 spiro atoms. The van der Waals surface area contributed by atoms with Crippen LogP contribution in [0, 0.1) is 11.8 Å². The van der Waals surface area contributed by atoms with E-state index in [1.165, 1.54) is 0 Å². The van der Waals surface area contributed by atoms with Crippen molar-refractivity contribution in [1.82, 2.24) is 0 Å². The van der Waals surface area contributed by atoms with Gasteiger partial charge in [0.2, 0.25) is 0 Å². The third-order valence-electron chi connectivity index (χ3n) is 6.97. The number of allylic oxidation sites excluding steroid dienone is 1. The second-order valence-electron chi connectivity index (χ2n) is 9.02. The maximum Gasteiger partial charge on any atom is 0.336 e. The van der Waals surface area contributed by atoms with Gasteiger partial charge < -0.3 is 14.2 Å². The standard InChI is InChI=1S/C29H30ClNO6/c1-5-36-28(33)23-16(3)31-22-15-20(17-11-13-18(35-4)14-12-17)25(29(34)37-6-2)27(32)26(22)24(23)19-9-7-8-10-21(19)30/h7-14,20,24-26H,5-6,15H2,1-4H3/t20-,24-,25+,26?/m1/s1. The Kier molecular flexibility index (Phi) is 8.13. The van der Waals surface area contributed by atoms with Crippen molar-refractivity contribution < 1.29 is 28.6 Å². The van der Waals surface area contributed by atoms with Gasteiger partial charge in [0.15, 0.2) is 5.78 Å². The molecule has 0 radical (unpaired) electrons. The number of ketones is 1. The van der Waals surface area contributed by atoms with Crippen molar-refractivity contribution >= 4 is 35.0 Å². The van der Waals surface area contributed by atoms with Gasteiger partial charge in [0.05, 0.1) is 31.8 Å². The van der Waals surface area contributed by atoms with Crippen LogP contribution in [0.2, 0.25) is 5.02 Å². The summed E-state index contributed by atoms with van der Waals surface area (Å²) in [5, 5.41) is 0.418. The third-order valence-corrected chi connectivity index (χ3v) is 7.31. The van der Waals surface area contributed by atoms with E-state index in [1.807, 2.05) is 12.1 Å². The van der Waals surface area contributed by atoms with Gasteiger partial charge in [-0.1, -0.05) is 41.9 Å². The lowest BCUT2D eigenvalue weighted by atomic mass is 9.62. The van der Waals surface area contributed by atoms with Gasteiger partial charge in [-0.25, -0.2) is 4.79 Å². The largest absolute Gasteiger partial charge is 0.497 e. The molecular weight excluding hydrogens is 494 g/mol. The van der Waals surface area contributed by atoms with E-state index in [2.05, 4.69) is 0 Å². The van der Waals surface area contributed by atoms with Crippen molar-refractivity contribution in [3.8, 4) is 5.75 Å². The Hall–Kier alpha value is -3.45. The summed E-state index contributed by atoms with van der Waals surface area (Å²) in [7, 11) is 1.58. The normalized spacial score (nSPS) is 23.2. The summed E-state index contributed by atoms with van der Waals surface area (Å²) in [6.07, 6.45) is 0.348. The number of carbonyl (C=O) groups is 3. The maximum absolute atomic E-state index is 14.3. The van der Waals surface area contributed by atoms with Gasteiger partial charge in [-0.2, -0.15) is 0 Å². The zero-order valence-corrected chi connectivity index (χ0v) is 22.1. The van der Waals surface area contributed by atoms with Gasteiger partial charge in [-0.3, -0.25) is 14.6 Å². The molecule has 2 aromatic carbocycles. The van der Waals surface area contributed by atoms with Crippen molar-refractivity contribution in [2.75, 3.05) is 20.3 Å². The van der Waals surface area contributed by atoms with Gasteiger partial charge >= 0.3 is 11.9 Å². The number of methoxy groups -OCH3 is 1. The lowest BCUT2D eigenvalue weighted by Gasteiger charge is -2.41. The highest BCUT2D eigenvalue weighted by atomic mass is 35.5. The monoisotopic (exact) mass is 523 g/mol. The van der Waals surface area contributed by atoms with Crippen LogP contribution in [-0.2, 0) is 23.9 Å². The van der Waals surface area contributed by atoms with Crippen molar-refractivity contribution in [3.05, 3.63) is 76.0 Å². The molecule has 194 valence electrons. The van der Waals surface area contributed by atoms with Crippen LogP contribution in [0.4, 0.5) is 0 Å². The number of hydrogen-bond donors (Lipinski definition) is 0. The van der Waals surface area contributed by atoms with Crippen LogP contribution < -0.4 is 4.74 Å². The Morgan fingerprint density at radius 1 is 1.00 bits per heavy atom. The smallest absolute Gasteiger partial charge is 0.336 e. The molecule has 1 aliphatic carbocycles. The summed E-state index contributed by atoms with van der Waals surface area (Å²) in [6.45, 7) is 5.48. The Morgan fingerprint density at radius 2 is 1.68 bits per heavy atom. The molecule has 2 aromatic rings. The van der Waals surface area contributed by atoms with E-state index in [4.69, 9.17) is 30.8 Å². The van der Waals surface area contributed by atoms with Gasteiger partial charge in [0.1, 0.15) is 11.7 Å². The Morgan fingerprint density at radius 3 is 2.30 bits per heavy atom. The van der Waals surface area contributed by atoms with Gasteiger partial charge in [0, 0.05) is 28.3 Å². The fourth-order valence-electron chi connectivity index (χ4n) is 5.39. The lowest BCUT2D eigenvalue weighted by Crippen LogP contribution is -2.48. The van der Waals surface area contributed by atoms with Gasteiger partial charge in [-0.15, -0.1) is 0 Å². The number of benzene rings is 2. The van der Waals surface area contributed by atoms with Crippen molar-refractivity contribution in [2.45, 2.75) is 39.0 Å². The molecule has 1 fully saturated rings. The SMILES string of the molecule is CCOC(=O)C1=C(C)N=C2C[C@H](c3ccc(OC)cc3)[C@H](C(=O)OCC)C(=O)C2[C@@H]1c1ccccc1Cl. The van der Waals surface area contributed by atoms with Crippen molar-refractivity contribution in [3.63, 3.8) is 0 Å².